The van der Waals surface area contributed by atoms with Gasteiger partial charge in [0.2, 0.25) is 5.91 Å². The number of benzene rings is 1. The smallest absolute Gasteiger partial charge is 0.251 e. The summed E-state index contributed by atoms with van der Waals surface area (Å²) in [5.74, 6) is -0.759. The Morgan fingerprint density at radius 1 is 1.29 bits per heavy atom. The molecule has 2 heterocycles. The van der Waals surface area contributed by atoms with Gasteiger partial charge in [0, 0.05) is 11.3 Å². The Bertz CT molecular complexity index is 665. The molecule has 3 unspecified atom stereocenters. The van der Waals surface area contributed by atoms with Crippen LogP contribution in [0.3, 0.4) is 0 Å². The fourth-order valence-corrected chi connectivity index (χ4v) is 2.86. The van der Waals surface area contributed by atoms with Crippen molar-refractivity contribution in [3.05, 3.63) is 29.3 Å². The summed E-state index contributed by atoms with van der Waals surface area (Å²) in [6.45, 7) is -0.582. The zero-order chi connectivity index (χ0) is 17.4. The summed E-state index contributed by atoms with van der Waals surface area (Å²) < 4.78 is 4.98. The summed E-state index contributed by atoms with van der Waals surface area (Å²) in [5.41, 5.74) is 1.55. The first kappa shape index (κ1) is 16.8. The number of fused-ring (bicyclic) bond motifs is 1. The molecule has 9 heteroatoms. The van der Waals surface area contributed by atoms with Gasteiger partial charge in [-0.05, 0) is 23.8 Å². The number of rotatable bonds is 3. The van der Waals surface area contributed by atoms with E-state index in [9.17, 15) is 24.9 Å². The van der Waals surface area contributed by atoms with E-state index in [-0.39, 0.29) is 17.9 Å². The number of hydrogen-bond donors (Lipinski definition) is 6. The molecule has 1 aromatic carbocycles. The van der Waals surface area contributed by atoms with Gasteiger partial charge >= 0.3 is 0 Å². The molecule has 1 aromatic rings. The van der Waals surface area contributed by atoms with Crippen LogP contribution < -0.4 is 10.6 Å². The number of hydrogen-bond acceptors (Lipinski definition) is 7. The van der Waals surface area contributed by atoms with E-state index in [4.69, 9.17) is 9.84 Å². The van der Waals surface area contributed by atoms with Crippen molar-refractivity contribution in [1.29, 1.82) is 0 Å². The summed E-state index contributed by atoms with van der Waals surface area (Å²) in [5, 5.41) is 43.8. The van der Waals surface area contributed by atoms with Gasteiger partial charge in [0.05, 0.1) is 13.0 Å². The number of aliphatic hydroxyl groups excluding tert-OH is 4. The molecular formula is C15H18N2O7. The van der Waals surface area contributed by atoms with Gasteiger partial charge in [-0.15, -0.1) is 0 Å². The zero-order valence-corrected chi connectivity index (χ0v) is 12.5. The van der Waals surface area contributed by atoms with E-state index < -0.39 is 43.2 Å². The average molecular weight is 338 g/mol. The van der Waals surface area contributed by atoms with Crippen LogP contribution in [-0.4, -0.2) is 69.5 Å². The van der Waals surface area contributed by atoms with Gasteiger partial charge < -0.3 is 35.8 Å². The number of carbonyl (C=O) groups excluding carboxylic acids is 2. The molecule has 2 amide bonds. The lowest BCUT2D eigenvalue weighted by Gasteiger charge is -2.40. The zero-order valence-electron chi connectivity index (χ0n) is 12.5. The Labute approximate surface area is 136 Å². The number of anilines is 1. The molecule has 5 atom stereocenters. The summed E-state index contributed by atoms with van der Waals surface area (Å²) in [7, 11) is 0. The quantitative estimate of drug-likeness (QED) is 0.363. The molecule has 9 nitrogen and oxygen atoms in total. The molecule has 1 saturated heterocycles. The predicted octanol–water partition coefficient (Wildman–Crippen LogP) is -2.29. The highest BCUT2D eigenvalue weighted by atomic mass is 16.6. The second-order valence-corrected chi connectivity index (χ2v) is 5.82. The van der Waals surface area contributed by atoms with Gasteiger partial charge in [-0.3, -0.25) is 9.59 Å². The van der Waals surface area contributed by atoms with Crippen molar-refractivity contribution in [2.24, 2.45) is 0 Å². The number of carbonyl (C=O) groups is 2. The maximum absolute atomic E-state index is 12.3. The molecule has 0 bridgehead atoms. The third kappa shape index (κ3) is 2.99. The minimum Gasteiger partial charge on any atom is -0.394 e. The van der Waals surface area contributed by atoms with Gasteiger partial charge in [-0.1, -0.05) is 0 Å². The van der Waals surface area contributed by atoms with Crippen molar-refractivity contribution in [2.75, 3.05) is 11.9 Å². The van der Waals surface area contributed by atoms with Crippen molar-refractivity contribution in [2.45, 2.75) is 37.1 Å². The molecule has 0 aromatic heterocycles. The topological polar surface area (TPSA) is 148 Å². The minimum absolute atomic E-state index is 0.160. The van der Waals surface area contributed by atoms with Gasteiger partial charge in [0.25, 0.3) is 5.91 Å². The fraction of sp³-hybridized carbons (Fsp3) is 0.467. The summed E-state index contributed by atoms with van der Waals surface area (Å²) in [6, 6.07) is 3.37. The van der Waals surface area contributed by atoms with Crippen LogP contribution in [0.1, 0.15) is 15.9 Å². The van der Waals surface area contributed by atoms with E-state index in [1.54, 1.807) is 6.07 Å². The first-order chi connectivity index (χ1) is 11.4. The average Bonchev–Trinajstić information content (AvgIpc) is 2.93. The van der Waals surface area contributed by atoms with Crippen LogP contribution in [0, 0.1) is 0 Å². The molecule has 130 valence electrons. The third-order valence-corrected chi connectivity index (χ3v) is 4.19. The Kier molecular flexibility index (Phi) is 4.52. The fourth-order valence-electron chi connectivity index (χ4n) is 2.86. The highest BCUT2D eigenvalue weighted by molar-refractivity contribution is 6.01. The van der Waals surface area contributed by atoms with Crippen molar-refractivity contribution in [3.8, 4) is 0 Å². The van der Waals surface area contributed by atoms with E-state index in [0.717, 1.165) is 0 Å². The molecule has 6 N–H and O–H groups in total. The molecule has 0 saturated carbocycles. The van der Waals surface area contributed by atoms with Gasteiger partial charge in [-0.2, -0.15) is 0 Å². The van der Waals surface area contributed by atoms with Crippen LogP contribution in [0.2, 0.25) is 0 Å². The summed E-state index contributed by atoms with van der Waals surface area (Å²) in [4.78, 5) is 23.7. The molecule has 2 aliphatic rings. The van der Waals surface area contributed by atoms with Crippen LogP contribution in [0.15, 0.2) is 18.2 Å². The number of nitrogens with one attached hydrogen (secondary N) is 2. The Balaban J connectivity index is 1.73. The molecular weight excluding hydrogens is 320 g/mol. The molecule has 0 spiro atoms. The monoisotopic (exact) mass is 338 g/mol. The van der Waals surface area contributed by atoms with Crippen LogP contribution in [-0.2, 0) is 16.0 Å². The SMILES string of the molecule is O=C1Cc2cc(C(=O)NC3C(O)O[C@H](CO)C(O)[C@@H]3O)ccc2N1. The van der Waals surface area contributed by atoms with E-state index in [2.05, 4.69) is 10.6 Å². The standard InChI is InChI=1S/C15H18N2O7/c18-5-9-12(20)13(21)11(15(23)24-9)17-14(22)6-1-2-8-7(3-6)4-10(19)16-8/h1-3,9,11-13,15,18,20-21,23H,4-5H2,(H,16,19)(H,17,22)/t9-,11?,12?,13-,15?/m1/s1. The lowest BCUT2D eigenvalue weighted by molar-refractivity contribution is -0.252. The highest BCUT2D eigenvalue weighted by Crippen LogP contribution is 2.24. The Morgan fingerprint density at radius 2 is 2.04 bits per heavy atom. The molecule has 1 fully saturated rings. The van der Waals surface area contributed by atoms with Crippen molar-refractivity contribution in [1.82, 2.24) is 5.32 Å². The number of amides is 2. The highest BCUT2D eigenvalue weighted by Gasteiger charge is 2.44. The van der Waals surface area contributed by atoms with Crippen molar-refractivity contribution >= 4 is 17.5 Å². The Hall–Kier alpha value is -2.04. The maximum atomic E-state index is 12.3. The molecule has 24 heavy (non-hydrogen) atoms. The molecule has 0 radical (unpaired) electrons. The number of ether oxygens (including phenoxy) is 1. The maximum Gasteiger partial charge on any atom is 0.251 e. The molecule has 2 aliphatic heterocycles. The lowest BCUT2D eigenvalue weighted by atomic mass is 9.96. The van der Waals surface area contributed by atoms with Crippen LogP contribution >= 0.6 is 0 Å². The third-order valence-electron chi connectivity index (χ3n) is 4.19. The van der Waals surface area contributed by atoms with E-state index in [0.29, 0.717) is 11.3 Å². The molecule has 0 aliphatic carbocycles. The van der Waals surface area contributed by atoms with Gasteiger partial charge in [0.1, 0.15) is 24.4 Å². The first-order valence-electron chi connectivity index (χ1n) is 7.45. The van der Waals surface area contributed by atoms with E-state index in [1.807, 2.05) is 0 Å². The second kappa shape index (κ2) is 6.46. The summed E-state index contributed by atoms with van der Waals surface area (Å²) >= 11 is 0. The normalized spacial score (nSPS) is 32.2. The van der Waals surface area contributed by atoms with E-state index >= 15 is 0 Å². The number of aliphatic hydroxyl groups is 4. The second-order valence-electron chi connectivity index (χ2n) is 5.82. The van der Waals surface area contributed by atoms with E-state index in [1.165, 1.54) is 12.1 Å². The van der Waals surface area contributed by atoms with Crippen molar-refractivity contribution in [3.63, 3.8) is 0 Å². The van der Waals surface area contributed by atoms with Gasteiger partial charge in [0.15, 0.2) is 6.29 Å². The lowest BCUT2D eigenvalue weighted by Crippen LogP contribution is -2.64. The first-order valence-corrected chi connectivity index (χ1v) is 7.45. The van der Waals surface area contributed by atoms with Crippen molar-refractivity contribution < 1.29 is 34.8 Å². The minimum atomic E-state index is -1.58. The summed E-state index contributed by atoms with van der Waals surface area (Å²) in [6.07, 6.45) is -5.51. The van der Waals surface area contributed by atoms with Crippen LogP contribution in [0.25, 0.3) is 0 Å². The largest absolute Gasteiger partial charge is 0.394 e. The van der Waals surface area contributed by atoms with Crippen LogP contribution in [0.5, 0.6) is 0 Å². The predicted molar refractivity (Wildman–Crippen MR) is 80.0 cm³/mol. The van der Waals surface area contributed by atoms with Crippen LogP contribution in [0.4, 0.5) is 5.69 Å². The molecule has 3 rings (SSSR count). The Morgan fingerprint density at radius 3 is 2.75 bits per heavy atom. The van der Waals surface area contributed by atoms with Gasteiger partial charge in [-0.25, -0.2) is 0 Å².